The fraction of sp³-hybridized carbons (Fsp3) is 0.560. The van der Waals surface area contributed by atoms with Crippen LogP contribution in [0, 0.1) is 0 Å². The van der Waals surface area contributed by atoms with Crippen LogP contribution in [0.25, 0.3) is 0 Å². The fourth-order valence-corrected chi connectivity index (χ4v) is 5.35. The smallest absolute Gasteiger partial charge is 0.132 e. The highest BCUT2D eigenvalue weighted by molar-refractivity contribution is 5.51. The van der Waals surface area contributed by atoms with Crippen LogP contribution in [0.1, 0.15) is 63.1 Å². The third kappa shape index (κ3) is 3.57. The second-order valence-electron chi connectivity index (χ2n) is 9.31. The maximum atomic E-state index is 4.85. The minimum atomic E-state index is 0.118. The van der Waals surface area contributed by atoms with Gasteiger partial charge in [0, 0.05) is 43.3 Å². The van der Waals surface area contributed by atoms with Crippen molar-refractivity contribution in [2.45, 2.75) is 70.9 Å². The van der Waals surface area contributed by atoms with Gasteiger partial charge >= 0.3 is 0 Å². The molecular formula is C25H35N3. The summed E-state index contributed by atoms with van der Waals surface area (Å²) >= 11 is 0. The van der Waals surface area contributed by atoms with Crippen LogP contribution in [0.15, 0.2) is 42.6 Å². The second-order valence-corrected chi connectivity index (χ2v) is 9.31. The molecule has 2 aliphatic heterocycles. The molecule has 3 nitrogen and oxygen atoms in total. The molecule has 0 saturated heterocycles. The van der Waals surface area contributed by atoms with Gasteiger partial charge in [0.2, 0.25) is 0 Å². The Bertz CT molecular complexity index is 784. The van der Waals surface area contributed by atoms with E-state index < -0.39 is 0 Å². The van der Waals surface area contributed by atoms with E-state index in [-0.39, 0.29) is 5.54 Å². The van der Waals surface area contributed by atoms with Gasteiger partial charge in [-0.1, -0.05) is 30.3 Å². The third-order valence-corrected chi connectivity index (χ3v) is 7.07. The molecule has 0 amide bonds. The van der Waals surface area contributed by atoms with E-state index >= 15 is 0 Å². The molecular weight excluding hydrogens is 342 g/mol. The van der Waals surface area contributed by atoms with Crippen LogP contribution in [-0.2, 0) is 12.8 Å². The molecule has 1 aromatic carbocycles. The third-order valence-electron chi connectivity index (χ3n) is 7.07. The van der Waals surface area contributed by atoms with Crippen molar-refractivity contribution in [1.29, 1.82) is 0 Å². The number of aromatic nitrogens is 1. The summed E-state index contributed by atoms with van der Waals surface area (Å²) in [5.74, 6) is 1.73. The molecule has 150 valence electrons. The Kier molecular flexibility index (Phi) is 5.46. The molecule has 1 aromatic heterocycles. The van der Waals surface area contributed by atoms with Crippen LogP contribution in [-0.4, -0.2) is 41.1 Å². The Morgan fingerprint density at radius 3 is 2.29 bits per heavy atom. The van der Waals surface area contributed by atoms with Crippen molar-refractivity contribution in [2.75, 3.05) is 24.5 Å². The number of nitrogens with zero attached hydrogens (tertiary/aromatic N) is 3. The molecule has 1 unspecified atom stereocenters. The largest absolute Gasteiger partial charge is 0.354 e. The van der Waals surface area contributed by atoms with Gasteiger partial charge in [0.05, 0.1) is 0 Å². The van der Waals surface area contributed by atoms with Gasteiger partial charge in [-0.15, -0.1) is 0 Å². The predicted molar refractivity (Wildman–Crippen MR) is 118 cm³/mol. The Morgan fingerprint density at radius 1 is 0.964 bits per heavy atom. The van der Waals surface area contributed by atoms with Crippen LogP contribution in [0.2, 0.25) is 0 Å². The lowest BCUT2D eigenvalue weighted by Gasteiger charge is -2.44. The standard InChI is InChI=1S/C25H35N3/c1-19(2)28-16-8-12-23(22-11-7-15-26-24(22)28)25(3,4)27-17-13-20-9-5-6-10-21(20)14-18-27/h5-7,9-11,15,19,23H,8,12-14,16-18H2,1-4H3. The molecule has 3 heteroatoms. The van der Waals surface area contributed by atoms with Crippen molar-refractivity contribution in [3.63, 3.8) is 0 Å². The summed E-state index contributed by atoms with van der Waals surface area (Å²) in [6.45, 7) is 12.9. The van der Waals surface area contributed by atoms with E-state index in [1.54, 1.807) is 0 Å². The van der Waals surface area contributed by atoms with Gasteiger partial charge in [-0.3, -0.25) is 4.90 Å². The van der Waals surface area contributed by atoms with E-state index in [9.17, 15) is 0 Å². The quantitative estimate of drug-likeness (QED) is 0.746. The fourth-order valence-electron chi connectivity index (χ4n) is 5.35. The van der Waals surface area contributed by atoms with Crippen molar-refractivity contribution in [1.82, 2.24) is 9.88 Å². The Morgan fingerprint density at radius 2 is 1.64 bits per heavy atom. The molecule has 0 aliphatic carbocycles. The van der Waals surface area contributed by atoms with E-state index in [1.165, 1.54) is 35.3 Å². The number of anilines is 1. The molecule has 2 aromatic rings. The van der Waals surface area contributed by atoms with Crippen LogP contribution < -0.4 is 4.90 Å². The first-order chi connectivity index (χ1) is 13.5. The average Bonchev–Trinajstić information content (AvgIpc) is 3.03. The van der Waals surface area contributed by atoms with Crippen LogP contribution in [0.4, 0.5) is 5.82 Å². The van der Waals surface area contributed by atoms with Gasteiger partial charge in [-0.25, -0.2) is 4.98 Å². The van der Waals surface area contributed by atoms with Crippen LogP contribution in [0.5, 0.6) is 0 Å². The summed E-state index contributed by atoms with van der Waals surface area (Å²) < 4.78 is 0. The SMILES string of the molecule is CC(C)N1CCCC(C(C)(C)N2CCc3ccccc3CC2)c2cccnc21. The topological polar surface area (TPSA) is 19.4 Å². The minimum Gasteiger partial charge on any atom is -0.354 e. The van der Waals surface area contributed by atoms with Gasteiger partial charge in [0.1, 0.15) is 5.82 Å². The van der Waals surface area contributed by atoms with E-state index in [4.69, 9.17) is 4.98 Å². The normalized spacial score (nSPS) is 21.0. The molecule has 0 saturated carbocycles. The molecule has 28 heavy (non-hydrogen) atoms. The van der Waals surface area contributed by atoms with Gasteiger partial charge in [-0.05, 0) is 76.1 Å². The monoisotopic (exact) mass is 377 g/mol. The zero-order valence-corrected chi connectivity index (χ0v) is 18.0. The average molecular weight is 378 g/mol. The first kappa shape index (κ1) is 19.4. The van der Waals surface area contributed by atoms with Gasteiger partial charge < -0.3 is 4.90 Å². The van der Waals surface area contributed by atoms with Gasteiger partial charge in [-0.2, -0.15) is 0 Å². The minimum absolute atomic E-state index is 0.118. The molecule has 2 aliphatic rings. The number of hydrogen-bond acceptors (Lipinski definition) is 3. The van der Waals surface area contributed by atoms with Gasteiger partial charge in [0.15, 0.2) is 0 Å². The van der Waals surface area contributed by atoms with Crippen LogP contribution in [0.3, 0.4) is 0 Å². The zero-order chi connectivity index (χ0) is 19.7. The number of hydrogen-bond donors (Lipinski definition) is 0. The summed E-state index contributed by atoms with van der Waals surface area (Å²) in [5.41, 5.74) is 4.64. The molecule has 1 atom stereocenters. The van der Waals surface area contributed by atoms with Crippen LogP contribution >= 0.6 is 0 Å². The molecule has 0 fully saturated rings. The number of rotatable bonds is 3. The van der Waals surface area contributed by atoms with Crippen molar-refractivity contribution < 1.29 is 0 Å². The summed E-state index contributed by atoms with van der Waals surface area (Å²) in [7, 11) is 0. The highest BCUT2D eigenvalue weighted by Gasteiger charge is 2.39. The highest BCUT2D eigenvalue weighted by atomic mass is 15.2. The zero-order valence-electron chi connectivity index (χ0n) is 18.0. The molecule has 0 bridgehead atoms. The van der Waals surface area contributed by atoms with Crippen molar-refractivity contribution in [3.8, 4) is 0 Å². The van der Waals surface area contributed by atoms with E-state index in [1.807, 2.05) is 6.20 Å². The van der Waals surface area contributed by atoms with Gasteiger partial charge in [0.25, 0.3) is 0 Å². The molecule has 3 heterocycles. The number of pyridine rings is 1. The number of benzene rings is 1. The molecule has 0 N–H and O–H groups in total. The lowest BCUT2D eigenvalue weighted by Crippen LogP contribution is -2.49. The summed E-state index contributed by atoms with van der Waals surface area (Å²) in [4.78, 5) is 10.1. The highest BCUT2D eigenvalue weighted by Crippen LogP contribution is 2.43. The molecule has 0 spiro atoms. The van der Waals surface area contributed by atoms with Crippen molar-refractivity contribution >= 4 is 5.82 Å². The first-order valence-corrected chi connectivity index (χ1v) is 11.0. The van der Waals surface area contributed by atoms with Crippen molar-refractivity contribution in [3.05, 3.63) is 59.3 Å². The Balaban J connectivity index is 1.64. The van der Waals surface area contributed by atoms with E-state index in [0.29, 0.717) is 12.0 Å². The summed E-state index contributed by atoms with van der Waals surface area (Å²) in [6, 6.07) is 14.0. The first-order valence-electron chi connectivity index (χ1n) is 11.0. The second kappa shape index (κ2) is 7.87. The predicted octanol–water partition coefficient (Wildman–Crippen LogP) is 5.05. The molecule has 0 radical (unpaired) electrons. The summed E-state index contributed by atoms with van der Waals surface area (Å²) in [6.07, 6.45) is 6.75. The Hall–Kier alpha value is -1.87. The Labute approximate surface area is 170 Å². The van der Waals surface area contributed by atoms with E-state index in [0.717, 1.165) is 32.5 Å². The molecule has 4 rings (SSSR count). The maximum Gasteiger partial charge on any atom is 0.132 e. The lowest BCUT2D eigenvalue weighted by atomic mass is 9.78. The lowest BCUT2D eigenvalue weighted by molar-refractivity contribution is 0.0939. The maximum absolute atomic E-state index is 4.85. The summed E-state index contributed by atoms with van der Waals surface area (Å²) in [5, 5.41) is 0. The number of fused-ring (bicyclic) bond motifs is 2. The van der Waals surface area contributed by atoms with E-state index in [2.05, 4.69) is 73.9 Å². The van der Waals surface area contributed by atoms with Crippen molar-refractivity contribution in [2.24, 2.45) is 0 Å².